The zero-order valence-corrected chi connectivity index (χ0v) is 17.4. The van der Waals surface area contributed by atoms with Crippen LogP contribution < -0.4 is 5.32 Å². The molecule has 0 spiro atoms. The first kappa shape index (κ1) is 19.9. The van der Waals surface area contributed by atoms with Crippen LogP contribution in [0.15, 0.2) is 33.9 Å². The molecule has 6 heteroatoms. The molecular formula is C21H29N3O2S. The molecule has 1 heterocycles. The fraction of sp³-hybridized carbons (Fsp3) is 0.571. The second-order valence-corrected chi connectivity index (χ2v) is 9.35. The quantitative estimate of drug-likeness (QED) is 0.745. The molecule has 1 aliphatic carbocycles. The maximum atomic E-state index is 12.2. The zero-order chi connectivity index (χ0) is 19.4. The van der Waals surface area contributed by atoms with Gasteiger partial charge in [-0.2, -0.15) is 0 Å². The molecule has 1 fully saturated rings. The Kier molecular flexibility index (Phi) is 6.25. The molecule has 146 valence electrons. The SMILES string of the molecule is C[C@@H]1CCCC[C@H]1NC(=O)CSc1nnc(-c2ccc(C(C)(C)C)cc2)o1. The maximum Gasteiger partial charge on any atom is 0.277 e. The zero-order valence-electron chi connectivity index (χ0n) is 16.6. The average molecular weight is 388 g/mol. The van der Waals surface area contributed by atoms with E-state index in [9.17, 15) is 4.79 Å². The standard InChI is InChI=1S/C21H29N3O2S/c1-14-7-5-6-8-17(14)22-18(25)13-27-20-24-23-19(26-20)15-9-11-16(12-10-15)21(2,3)4/h9-12,14,17H,5-8,13H2,1-4H3,(H,22,25)/t14-,17-/m1/s1. The van der Waals surface area contributed by atoms with Crippen LogP contribution in [0.1, 0.15) is 58.9 Å². The number of carbonyl (C=O) groups is 1. The van der Waals surface area contributed by atoms with E-state index in [-0.39, 0.29) is 11.3 Å². The Hall–Kier alpha value is -1.82. The minimum Gasteiger partial charge on any atom is -0.411 e. The van der Waals surface area contributed by atoms with E-state index in [0.717, 1.165) is 12.0 Å². The first-order chi connectivity index (χ1) is 12.8. The average Bonchev–Trinajstić information content (AvgIpc) is 3.10. The van der Waals surface area contributed by atoms with E-state index in [4.69, 9.17) is 4.42 Å². The monoisotopic (exact) mass is 387 g/mol. The third-order valence-electron chi connectivity index (χ3n) is 5.19. The molecule has 27 heavy (non-hydrogen) atoms. The third kappa shape index (κ3) is 5.34. The number of hydrogen-bond acceptors (Lipinski definition) is 5. The predicted molar refractivity (Wildman–Crippen MR) is 109 cm³/mol. The van der Waals surface area contributed by atoms with E-state index in [2.05, 4.69) is 55.3 Å². The van der Waals surface area contributed by atoms with Gasteiger partial charge in [-0.05, 0) is 41.9 Å². The van der Waals surface area contributed by atoms with Gasteiger partial charge in [-0.15, -0.1) is 10.2 Å². The van der Waals surface area contributed by atoms with E-state index in [0.29, 0.717) is 28.8 Å². The van der Waals surface area contributed by atoms with Crippen molar-refractivity contribution in [2.24, 2.45) is 5.92 Å². The summed E-state index contributed by atoms with van der Waals surface area (Å²) in [5, 5.41) is 11.8. The van der Waals surface area contributed by atoms with Gasteiger partial charge in [0.2, 0.25) is 11.8 Å². The molecule has 1 aromatic carbocycles. The highest BCUT2D eigenvalue weighted by molar-refractivity contribution is 7.99. The van der Waals surface area contributed by atoms with Gasteiger partial charge in [0.05, 0.1) is 5.75 Å². The van der Waals surface area contributed by atoms with E-state index in [1.165, 1.54) is 36.6 Å². The van der Waals surface area contributed by atoms with Gasteiger partial charge in [0.15, 0.2) is 0 Å². The highest BCUT2D eigenvalue weighted by Crippen LogP contribution is 2.27. The number of thioether (sulfide) groups is 1. The number of carbonyl (C=O) groups excluding carboxylic acids is 1. The van der Waals surface area contributed by atoms with E-state index >= 15 is 0 Å². The maximum absolute atomic E-state index is 12.2. The Labute approximate surface area is 165 Å². The summed E-state index contributed by atoms with van der Waals surface area (Å²) in [5.74, 6) is 1.37. The Morgan fingerprint density at radius 1 is 1.19 bits per heavy atom. The number of nitrogens with zero attached hydrogens (tertiary/aromatic N) is 2. The number of rotatable bonds is 5. The van der Waals surface area contributed by atoms with Crippen molar-refractivity contribution in [3.63, 3.8) is 0 Å². The van der Waals surface area contributed by atoms with Gasteiger partial charge in [0.25, 0.3) is 5.22 Å². The van der Waals surface area contributed by atoms with E-state index < -0.39 is 0 Å². The molecule has 0 saturated heterocycles. The van der Waals surface area contributed by atoms with Crippen molar-refractivity contribution in [3.8, 4) is 11.5 Å². The number of amides is 1. The van der Waals surface area contributed by atoms with Crippen molar-refractivity contribution < 1.29 is 9.21 Å². The summed E-state index contributed by atoms with van der Waals surface area (Å²) >= 11 is 1.29. The fourth-order valence-electron chi connectivity index (χ4n) is 3.40. The van der Waals surface area contributed by atoms with Crippen LogP contribution in [0.2, 0.25) is 0 Å². The molecule has 2 atom stereocenters. The largest absolute Gasteiger partial charge is 0.411 e. The summed E-state index contributed by atoms with van der Waals surface area (Å²) < 4.78 is 5.72. The first-order valence-corrected chi connectivity index (χ1v) is 10.7. The molecule has 1 amide bonds. The topological polar surface area (TPSA) is 68.0 Å². The summed E-state index contributed by atoms with van der Waals surface area (Å²) in [5.41, 5.74) is 2.26. The normalized spacial score (nSPS) is 20.4. The van der Waals surface area contributed by atoms with E-state index in [1.807, 2.05) is 12.1 Å². The number of benzene rings is 1. The molecule has 5 nitrogen and oxygen atoms in total. The van der Waals surface area contributed by atoms with Crippen LogP contribution in [-0.2, 0) is 10.2 Å². The molecule has 1 N–H and O–H groups in total. The summed E-state index contributed by atoms with van der Waals surface area (Å²) in [6.07, 6.45) is 4.74. The lowest BCUT2D eigenvalue weighted by atomic mass is 9.86. The van der Waals surface area contributed by atoms with Gasteiger partial charge in [0, 0.05) is 11.6 Å². The highest BCUT2D eigenvalue weighted by atomic mass is 32.2. The molecule has 0 radical (unpaired) electrons. The van der Waals surface area contributed by atoms with Crippen LogP contribution in [0.5, 0.6) is 0 Å². The number of nitrogens with one attached hydrogen (secondary N) is 1. The van der Waals surface area contributed by atoms with Crippen molar-refractivity contribution in [1.82, 2.24) is 15.5 Å². The Morgan fingerprint density at radius 3 is 2.56 bits per heavy atom. The predicted octanol–water partition coefficient (Wildman–Crippen LogP) is 4.82. The lowest BCUT2D eigenvalue weighted by molar-refractivity contribution is -0.119. The van der Waals surface area contributed by atoms with Crippen molar-refractivity contribution in [2.75, 3.05) is 5.75 Å². The molecule has 0 aliphatic heterocycles. The molecule has 1 saturated carbocycles. The van der Waals surface area contributed by atoms with Crippen molar-refractivity contribution in [3.05, 3.63) is 29.8 Å². The van der Waals surface area contributed by atoms with Crippen LogP contribution in [0.25, 0.3) is 11.5 Å². The van der Waals surface area contributed by atoms with Crippen molar-refractivity contribution >= 4 is 17.7 Å². The van der Waals surface area contributed by atoms with Gasteiger partial charge in [-0.3, -0.25) is 4.79 Å². The Morgan fingerprint density at radius 2 is 1.89 bits per heavy atom. The smallest absolute Gasteiger partial charge is 0.277 e. The summed E-state index contributed by atoms with van der Waals surface area (Å²) in [6.45, 7) is 8.76. The van der Waals surface area contributed by atoms with Crippen molar-refractivity contribution in [2.45, 2.75) is 70.1 Å². The summed E-state index contributed by atoms with van der Waals surface area (Å²) in [4.78, 5) is 12.2. The second kappa shape index (κ2) is 8.46. The summed E-state index contributed by atoms with van der Waals surface area (Å²) in [7, 11) is 0. The van der Waals surface area contributed by atoms with Crippen LogP contribution in [0.4, 0.5) is 0 Å². The fourth-order valence-corrected chi connectivity index (χ4v) is 3.98. The molecular weight excluding hydrogens is 358 g/mol. The Bertz CT molecular complexity index is 764. The van der Waals surface area contributed by atoms with Crippen LogP contribution in [-0.4, -0.2) is 27.9 Å². The summed E-state index contributed by atoms with van der Waals surface area (Å²) in [6, 6.07) is 8.47. The molecule has 1 aromatic heterocycles. The molecule has 0 unspecified atom stereocenters. The second-order valence-electron chi connectivity index (χ2n) is 8.42. The minimum absolute atomic E-state index is 0.0352. The van der Waals surface area contributed by atoms with Gasteiger partial charge < -0.3 is 9.73 Å². The highest BCUT2D eigenvalue weighted by Gasteiger charge is 2.23. The van der Waals surface area contributed by atoms with Crippen LogP contribution >= 0.6 is 11.8 Å². The van der Waals surface area contributed by atoms with Gasteiger partial charge in [-0.1, -0.05) is 64.4 Å². The Balaban J connectivity index is 1.54. The molecule has 2 aromatic rings. The van der Waals surface area contributed by atoms with Crippen LogP contribution in [0, 0.1) is 5.92 Å². The van der Waals surface area contributed by atoms with Gasteiger partial charge >= 0.3 is 0 Å². The van der Waals surface area contributed by atoms with Crippen molar-refractivity contribution in [1.29, 1.82) is 0 Å². The number of hydrogen-bond donors (Lipinski definition) is 1. The molecule has 1 aliphatic rings. The van der Waals surface area contributed by atoms with Crippen LogP contribution in [0.3, 0.4) is 0 Å². The lowest BCUT2D eigenvalue weighted by Crippen LogP contribution is -2.41. The first-order valence-electron chi connectivity index (χ1n) is 9.69. The third-order valence-corrected chi connectivity index (χ3v) is 6.01. The van der Waals surface area contributed by atoms with Gasteiger partial charge in [0.1, 0.15) is 0 Å². The lowest BCUT2D eigenvalue weighted by Gasteiger charge is -2.29. The molecule has 0 bridgehead atoms. The molecule has 3 rings (SSSR count). The number of aromatic nitrogens is 2. The van der Waals surface area contributed by atoms with Gasteiger partial charge in [-0.25, -0.2) is 0 Å². The van der Waals surface area contributed by atoms with E-state index in [1.54, 1.807) is 0 Å². The minimum atomic E-state index is 0.0352.